The third-order valence-electron chi connectivity index (χ3n) is 3.15. The number of carboxylic acids is 1. The van der Waals surface area contributed by atoms with Crippen LogP contribution in [0.5, 0.6) is 5.75 Å². The summed E-state index contributed by atoms with van der Waals surface area (Å²) in [6, 6.07) is 17.5. The number of hydrogen-bond acceptors (Lipinski definition) is 2. The van der Waals surface area contributed by atoms with Gasteiger partial charge in [0.1, 0.15) is 12.4 Å². The number of hydrogen-bond donors (Lipinski definition) is 1. The zero-order chi connectivity index (χ0) is 15.1. The number of carbonyl (C=O) groups is 1. The molecule has 21 heavy (non-hydrogen) atoms. The summed E-state index contributed by atoms with van der Waals surface area (Å²) in [5, 5.41) is 8.84. The number of carboxylic acid groups (broad SMARTS) is 1. The van der Waals surface area contributed by atoms with Gasteiger partial charge in [0.25, 0.3) is 0 Å². The lowest BCUT2D eigenvalue weighted by Gasteiger charge is -2.08. The number of benzene rings is 2. The highest BCUT2D eigenvalue weighted by molar-refractivity contribution is 5.89. The Morgan fingerprint density at radius 2 is 1.76 bits per heavy atom. The van der Waals surface area contributed by atoms with Crippen molar-refractivity contribution in [1.29, 1.82) is 0 Å². The van der Waals surface area contributed by atoms with Crippen molar-refractivity contribution in [2.45, 2.75) is 20.0 Å². The van der Waals surface area contributed by atoms with Gasteiger partial charge < -0.3 is 9.84 Å². The fraction of sp³-hybridized carbons (Fsp3) is 0.167. The summed E-state index contributed by atoms with van der Waals surface area (Å²) in [4.78, 5) is 10.8. The molecular formula is C18H18O3. The van der Waals surface area contributed by atoms with E-state index in [2.05, 4.69) is 0 Å². The molecule has 0 unspecified atom stereocenters. The van der Waals surface area contributed by atoms with E-state index in [0.717, 1.165) is 22.4 Å². The highest BCUT2D eigenvalue weighted by Crippen LogP contribution is 2.21. The van der Waals surface area contributed by atoms with E-state index in [1.165, 1.54) is 6.08 Å². The van der Waals surface area contributed by atoms with E-state index < -0.39 is 5.97 Å². The fourth-order valence-electron chi connectivity index (χ4n) is 2.04. The average Bonchev–Trinajstić information content (AvgIpc) is 2.52. The molecule has 0 saturated carbocycles. The molecule has 0 saturated heterocycles. The van der Waals surface area contributed by atoms with Crippen molar-refractivity contribution in [2.75, 3.05) is 0 Å². The molecule has 0 aromatic heterocycles. The molecule has 0 amide bonds. The highest BCUT2D eigenvalue weighted by atomic mass is 16.5. The predicted octanol–water partition coefficient (Wildman–Crippen LogP) is 4.14. The fourth-order valence-corrected chi connectivity index (χ4v) is 2.04. The van der Waals surface area contributed by atoms with Crippen LogP contribution in [0.3, 0.4) is 0 Å². The standard InChI is InChI=1S/C18H18O3/c1-2-15(12-18(19)20)16-8-10-17(11-9-16)21-13-14-6-4-3-5-7-14/h3-12H,2,13H2,1H3,(H,19,20)/b15-12+. The SMILES string of the molecule is CC/C(=C\C(=O)O)c1ccc(OCc2ccccc2)cc1. The van der Waals surface area contributed by atoms with Crippen molar-refractivity contribution < 1.29 is 14.6 Å². The molecule has 0 radical (unpaired) electrons. The molecule has 2 rings (SSSR count). The summed E-state index contributed by atoms with van der Waals surface area (Å²) in [5.41, 5.74) is 2.82. The summed E-state index contributed by atoms with van der Waals surface area (Å²) in [7, 11) is 0. The first-order valence-corrected chi connectivity index (χ1v) is 6.89. The maximum Gasteiger partial charge on any atom is 0.328 e. The van der Waals surface area contributed by atoms with E-state index in [4.69, 9.17) is 9.84 Å². The second kappa shape index (κ2) is 7.29. The number of aliphatic carboxylic acids is 1. The number of rotatable bonds is 6. The van der Waals surface area contributed by atoms with Crippen molar-refractivity contribution in [2.24, 2.45) is 0 Å². The van der Waals surface area contributed by atoms with Crippen LogP contribution in [0.15, 0.2) is 60.7 Å². The number of ether oxygens (including phenoxy) is 1. The Morgan fingerprint density at radius 1 is 1.10 bits per heavy atom. The first-order valence-electron chi connectivity index (χ1n) is 6.89. The van der Waals surface area contributed by atoms with E-state index >= 15 is 0 Å². The van der Waals surface area contributed by atoms with Gasteiger partial charge in [-0.3, -0.25) is 0 Å². The molecule has 0 fully saturated rings. The summed E-state index contributed by atoms with van der Waals surface area (Å²) in [6.45, 7) is 2.46. The molecule has 0 bridgehead atoms. The molecule has 0 atom stereocenters. The van der Waals surface area contributed by atoms with Crippen LogP contribution in [0.25, 0.3) is 5.57 Å². The molecule has 1 N–H and O–H groups in total. The summed E-state index contributed by atoms with van der Waals surface area (Å²) in [5.74, 6) is -0.148. The lowest BCUT2D eigenvalue weighted by atomic mass is 10.0. The van der Waals surface area contributed by atoms with E-state index in [-0.39, 0.29) is 0 Å². The van der Waals surface area contributed by atoms with Gasteiger partial charge in [-0.2, -0.15) is 0 Å². The quantitative estimate of drug-likeness (QED) is 0.810. The Hall–Kier alpha value is -2.55. The minimum absolute atomic E-state index is 0.520. The largest absolute Gasteiger partial charge is 0.489 e. The van der Waals surface area contributed by atoms with Crippen LogP contribution < -0.4 is 4.74 Å². The van der Waals surface area contributed by atoms with Crippen LogP contribution in [-0.2, 0) is 11.4 Å². The van der Waals surface area contributed by atoms with Gasteiger partial charge in [-0.1, -0.05) is 49.4 Å². The van der Waals surface area contributed by atoms with Gasteiger partial charge in [-0.05, 0) is 35.3 Å². The molecule has 0 spiro atoms. The maximum absolute atomic E-state index is 10.8. The first-order chi connectivity index (χ1) is 10.2. The van der Waals surface area contributed by atoms with E-state index in [1.807, 2.05) is 61.5 Å². The Kier molecular flexibility index (Phi) is 5.16. The van der Waals surface area contributed by atoms with Crippen molar-refractivity contribution in [3.8, 4) is 5.75 Å². The van der Waals surface area contributed by atoms with Gasteiger partial charge >= 0.3 is 5.97 Å². The molecule has 0 aliphatic heterocycles. The number of allylic oxidation sites excluding steroid dienone is 1. The van der Waals surface area contributed by atoms with Crippen LogP contribution in [0.2, 0.25) is 0 Å². The van der Waals surface area contributed by atoms with E-state index in [9.17, 15) is 4.79 Å². The van der Waals surface area contributed by atoms with Crippen molar-refractivity contribution in [3.05, 3.63) is 71.8 Å². The van der Waals surface area contributed by atoms with Gasteiger partial charge in [0.05, 0.1) is 0 Å². The van der Waals surface area contributed by atoms with Gasteiger partial charge in [0, 0.05) is 6.08 Å². The molecule has 3 nitrogen and oxygen atoms in total. The third kappa shape index (κ3) is 4.49. The lowest BCUT2D eigenvalue weighted by Crippen LogP contribution is -1.95. The smallest absolute Gasteiger partial charge is 0.328 e. The van der Waals surface area contributed by atoms with Gasteiger partial charge in [-0.15, -0.1) is 0 Å². The molecular weight excluding hydrogens is 264 g/mol. The minimum atomic E-state index is -0.920. The first kappa shape index (κ1) is 14.9. The van der Waals surface area contributed by atoms with Crippen LogP contribution in [0.1, 0.15) is 24.5 Å². The van der Waals surface area contributed by atoms with Crippen LogP contribution >= 0.6 is 0 Å². The van der Waals surface area contributed by atoms with Gasteiger partial charge in [0.2, 0.25) is 0 Å². The second-order valence-electron chi connectivity index (χ2n) is 4.66. The zero-order valence-electron chi connectivity index (χ0n) is 12.0. The summed E-state index contributed by atoms with van der Waals surface area (Å²) in [6.07, 6.45) is 1.93. The monoisotopic (exact) mass is 282 g/mol. The normalized spacial score (nSPS) is 11.2. The molecule has 2 aromatic rings. The minimum Gasteiger partial charge on any atom is -0.489 e. The van der Waals surface area contributed by atoms with Crippen LogP contribution in [0.4, 0.5) is 0 Å². The van der Waals surface area contributed by atoms with Crippen LogP contribution in [-0.4, -0.2) is 11.1 Å². The topological polar surface area (TPSA) is 46.5 Å². The third-order valence-corrected chi connectivity index (χ3v) is 3.15. The van der Waals surface area contributed by atoms with E-state index in [1.54, 1.807) is 0 Å². The molecule has 108 valence electrons. The lowest BCUT2D eigenvalue weighted by molar-refractivity contribution is -0.131. The Labute approximate surface area is 124 Å². The van der Waals surface area contributed by atoms with Crippen LogP contribution in [0, 0.1) is 0 Å². The Bertz CT molecular complexity index is 613. The highest BCUT2D eigenvalue weighted by Gasteiger charge is 2.03. The molecule has 0 heterocycles. The summed E-state index contributed by atoms with van der Waals surface area (Å²) < 4.78 is 5.71. The maximum atomic E-state index is 10.8. The van der Waals surface area contributed by atoms with Gasteiger partial charge in [0.15, 0.2) is 0 Å². The van der Waals surface area contributed by atoms with Crippen molar-refractivity contribution in [1.82, 2.24) is 0 Å². The predicted molar refractivity (Wildman–Crippen MR) is 83.1 cm³/mol. The molecule has 3 heteroatoms. The van der Waals surface area contributed by atoms with Crippen molar-refractivity contribution >= 4 is 11.5 Å². The average molecular weight is 282 g/mol. The molecule has 0 aliphatic carbocycles. The Balaban J connectivity index is 2.03. The zero-order valence-corrected chi connectivity index (χ0v) is 12.0. The van der Waals surface area contributed by atoms with Gasteiger partial charge in [-0.25, -0.2) is 4.79 Å². The second-order valence-corrected chi connectivity index (χ2v) is 4.66. The van der Waals surface area contributed by atoms with E-state index in [0.29, 0.717) is 13.0 Å². The Morgan fingerprint density at radius 3 is 2.33 bits per heavy atom. The van der Waals surface area contributed by atoms with Crippen molar-refractivity contribution in [3.63, 3.8) is 0 Å². The molecule has 2 aromatic carbocycles. The summed E-state index contributed by atoms with van der Waals surface area (Å²) >= 11 is 0. The molecule has 0 aliphatic rings.